The first-order valence-corrected chi connectivity index (χ1v) is 12.0. The summed E-state index contributed by atoms with van der Waals surface area (Å²) in [6.45, 7) is 3.38. The maximum Gasteiger partial charge on any atom is 0.236 e. The van der Waals surface area contributed by atoms with Crippen LogP contribution in [0.3, 0.4) is 0 Å². The summed E-state index contributed by atoms with van der Waals surface area (Å²) < 4.78 is 27.9. The molecule has 6 nitrogen and oxygen atoms in total. The van der Waals surface area contributed by atoms with Crippen LogP contribution in [0.1, 0.15) is 25.8 Å². The third-order valence-electron chi connectivity index (χ3n) is 6.71. The molecule has 0 bridgehead atoms. The Balaban J connectivity index is 1.79. The van der Waals surface area contributed by atoms with Crippen LogP contribution < -0.4 is 9.80 Å². The number of benzene rings is 2. The second-order valence-corrected chi connectivity index (χ2v) is 9.97. The van der Waals surface area contributed by atoms with Gasteiger partial charge in [0.15, 0.2) is 0 Å². The molecule has 0 saturated carbocycles. The number of rotatable bonds is 6. The minimum Gasteiger partial charge on any atom is -0.394 e. The summed E-state index contributed by atoms with van der Waals surface area (Å²) in [5.74, 6) is -1.40. The Morgan fingerprint density at radius 2 is 1.83 bits per heavy atom. The van der Waals surface area contributed by atoms with Crippen molar-refractivity contribution in [1.29, 1.82) is 0 Å². The van der Waals surface area contributed by atoms with Crippen molar-refractivity contribution in [2.45, 2.75) is 37.8 Å². The van der Waals surface area contributed by atoms with E-state index >= 15 is 0 Å². The number of hydrogen-bond acceptors (Lipinski definition) is 5. The van der Waals surface area contributed by atoms with Gasteiger partial charge in [-0.05, 0) is 50.1 Å². The van der Waals surface area contributed by atoms with Crippen molar-refractivity contribution >= 4 is 29.0 Å². The van der Waals surface area contributed by atoms with Crippen LogP contribution in [-0.4, -0.2) is 53.4 Å². The number of aliphatic hydroxyl groups excluding tert-OH is 2. The summed E-state index contributed by atoms with van der Waals surface area (Å²) in [5, 5.41) is 20.4. The SMILES string of the molecule is CN(C(=O)C(C)(C)c1cc(F)cc(F)c1)c1cnc(N2C[C@H](O)C[C@H]2CO)cc1-c1ccccc1Cl. The molecular weight excluding hydrogens is 488 g/mol. The highest BCUT2D eigenvalue weighted by Crippen LogP contribution is 2.39. The smallest absolute Gasteiger partial charge is 0.236 e. The Kier molecular flexibility index (Phi) is 7.31. The van der Waals surface area contributed by atoms with Crippen LogP contribution in [0.5, 0.6) is 0 Å². The molecule has 1 aliphatic rings. The first kappa shape index (κ1) is 26.0. The molecule has 1 aromatic heterocycles. The molecule has 9 heteroatoms. The predicted molar refractivity (Wildman–Crippen MR) is 136 cm³/mol. The molecule has 36 heavy (non-hydrogen) atoms. The summed E-state index contributed by atoms with van der Waals surface area (Å²) in [6.07, 6.45) is 1.36. The number of amides is 1. The molecule has 4 rings (SSSR count). The average Bonchev–Trinajstić information content (AvgIpc) is 3.23. The van der Waals surface area contributed by atoms with Crippen molar-refractivity contribution in [1.82, 2.24) is 4.98 Å². The maximum atomic E-state index is 13.9. The standard InChI is InChI=1S/C27H28ClF2N3O3/c1-27(2,16-8-17(29)10-18(30)9-16)26(36)32(3)24-13-31-25(33-14-20(35)11-19(33)15-34)12-22(24)21-6-4-5-7-23(21)28/h4-10,12-13,19-20,34-35H,11,14-15H2,1-3H3/t19-,20+/m0/s1. The molecule has 0 spiro atoms. The van der Waals surface area contributed by atoms with Crippen molar-refractivity contribution in [3.63, 3.8) is 0 Å². The van der Waals surface area contributed by atoms with Gasteiger partial charge in [0, 0.05) is 35.8 Å². The van der Waals surface area contributed by atoms with E-state index in [1.54, 1.807) is 39.1 Å². The lowest BCUT2D eigenvalue weighted by atomic mass is 9.83. The van der Waals surface area contributed by atoms with Gasteiger partial charge in [-0.3, -0.25) is 4.79 Å². The average molecular weight is 516 g/mol. The molecule has 3 aromatic rings. The summed E-state index contributed by atoms with van der Waals surface area (Å²) in [6, 6.07) is 11.7. The van der Waals surface area contributed by atoms with Gasteiger partial charge < -0.3 is 20.0 Å². The molecule has 1 amide bonds. The van der Waals surface area contributed by atoms with E-state index in [4.69, 9.17) is 11.6 Å². The van der Waals surface area contributed by atoms with Gasteiger partial charge >= 0.3 is 0 Å². The van der Waals surface area contributed by atoms with Crippen LogP contribution >= 0.6 is 11.6 Å². The number of hydrogen-bond donors (Lipinski definition) is 2. The van der Waals surface area contributed by atoms with Gasteiger partial charge in [-0.15, -0.1) is 0 Å². The van der Waals surface area contributed by atoms with Crippen LogP contribution in [0.4, 0.5) is 20.3 Å². The lowest BCUT2D eigenvalue weighted by molar-refractivity contribution is -0.122. The lowest BCUT2D eigenvalue weighted by Gasteiger charge is -2.32. The number of β-amino-alcohol motifs (C(OH)–C–C–N with tert-alkyl or cyclic N) is 1. The van der Waals surface area contributed by atoms with Crippen LogP contribution in [0.2, 0.25) is 5.02 Å². The molecular formula is C27H28ClF2N3O3. The first-order valence-electron chi connectivity index (χ1n) is 11.6. The lowest BCUT2D eigenvalue weighted by Crippen LogP contribution is -2.42. The highest BCUT2D eigenvalue weighted by molar-refractivity contribution is 6.33. The summed E-state index contributed by atoms with van der Waals surface area (Å²) >= 11 is 6.53. The quantitative estimate of drug-likeness (QED) is 0.503. The third kappa shape index (κ3) is 4.93. The molecule has 1 aliphatic heterocycles. The Morgan fingerprint density at radius 3 is 2.47 bits per heavy atom. The topological polar surface area (TPSA) is 76.9 Å². The Bertz CT molecular complexity index is 1270. The number of anilines is 2. The van der Waals surface area contributed by atoms with Crippen molar-refractivity contribution in [3.05, 3.63) is 76.9 Å². The van der Waals surface area contributed by atoms with Crippen molar-refractivity contribution < 1.29 is 23.8 Å². The van der Waals surface area contributed by atoms with Gasteiger partial charge in [0.25, 0.3) is 0 Å². The molecule has 2 heterocycles. The number of aliphatic hydroxyl groups is 2. The Morgan fingerprint density at radius 1 is 1.17 bits per heavy atom. The van der Waals surface area contributed by atoms with Gasteiger partial charge in [-0.1, -0.05) is 29.8 Å². The van der Waals surface area contributed by atoms with E-state index in [0.717, 1.165) is 18.2 Å². The summed E-state index contributed by atoms with van der Waals surface area (Å²) in [7, 11) is 1.58. The number of pyridine rings is 1. The van der Waals surface area contributed by atoms with Crippen LogP contribution in [-0.2, 0) is 10.2 Å². The summed E-state index contributed by atoms with van der Waals surface area (Å²) in [5.41, 5.74) is 0.669. The molecule has 0 unspecified atom stereocenters. The number of nitrogens with zero attached hydrogens (tertiary/aromatic N) is 3. The maximum absolute atomic E-state index is 13.9. The van der Waals surface area contributed by atoms with Gasteiger partial charge in [-0.25, -0.2) is 13.8 Å². The largest absolute Gasteiger partial charge is 0.394 e. The van der Waals surface area contributed by atoms with Crippen molar-refractivity contribution in [2.75, 3.05) is 30.0 Å². The van der Waals surface area contributed by atoms with Crippen molar-refractivity contribution in [3.8, 4) is 11.1 Å². The summed E-state index contributed by atoms with van der Waals surface area (Å²) in [4.78, 5) is 21.5. The molecule has 0 aliphatic carbocycles. The highest BCUT2D eigenvalue weighted by Gasteiger charge is 2.36. The van der Waals surface area contributed by atoms with E-state index in [-0.39, 0.29) is 18.2 Å². The number of halogens is 3. The second kappa shape index (κ2) is 10.1. The molecule has 0 radical (unpaired) electrons. The normalized spacial score (nSPS) is 17.9. The molecule has 2 aromatic carbocycles. The fraction of sp³-hybridized carbons (Fsp3) is 0.333. The third-order valence-corrected chi connectivity index (χ3v) is 7.04. The Labute approximate surface area is 213 Å². The van der Waals surface area contributed by atoms with E-state index in [0.29, 0.717) is 40.6 Å². The second-order valence-electron chi connectivity index (χ2n) is 9.57. The monoisotopic (exact) mass is 515 g/mol. The predicted octanol–water partition coefficient (Wildman–Crippen LogP) is 4.55. The van der Waals surface area contributed by atoms with Gasteiger partial charge in [-0.2, -0.15) is 0 Å². The molecule has 2 N–H and O–H groups in total. The Hall–Kier alpha value is -3.07. The van der Waals surface area contributed by atoms with Gasteiger partial charge in [0.2, 0.25) is 5.91 Å². The number of likely N-dealkylation sites (N-methyl/N-ethyl adjacent to an activating group) is 1. The first-order chi connectivity index (χ1) is 17.0. The zero-order valence-corrected chi connectivity index (χ0v) is 21.0. The molecule has 1 fully saturated rings. The number of carbonyl (C=O) groups is 1. The van der Waals surface area contributed by atoms with Gasteiger partial charge in [0.1, 0.15) is 17.5 Å². The number of aromatic nitrogens is 1. The molecule has 1 saturated heterocycles. The zero-order valence-electron chi connectivity index (χ0n) is 20.3. The van der Waals surface area contributed by atoms with E-state index in [1.165, 1.54) is 11.1 Å². The zero-order chi connectivity index (χ0) is 26.2. The van der Waals surface area contributed by atoms with Crippen LogP contribution in [0.15, 0.2) is 54.7 Å². The van der Waals surface area contributed by atoms with E-state index in [9.17, 15) is 23.8 Å². The van der Waals surface area contributed by atoms with E-state index in [1.807, 2.05) is 17.0 Å². The highest BCUT2D eigenvalue weighted by atomic mass is 35.5. The molecule has 190 valence electrons. The van der Waals surface area contributed by atoms with Gasteiger partial charge in [0.05, 0.1) is 36.1 Å². The fourth-order valence-electron chi connectivity index (χ4n) is 4.67. The van der Waals surface area contributed by atoms with E-state index in [2.05, 4.69) is 4.98 Å². The minimum absolute atomic E-state index is 0.140. The molecule has 2 atom stereocenters. The van der Waals surface area contributed by atoms with Crippen LogP contribution in [0, 0.1) is 11.6 Å². The minimum atomic E-state index is -1.25. The van der Waals surface area contributed by atoms with Crippen LogP contribution in [0.25, 0.3) is 11.1 Å². The fourth-order valence-corrected chi connectivity index (χ4v) is 4.91. The number of carbonyl (C=O) groups excluding carboxylic acids is 1. The van der Waals surface area contributed by atoms with E-state index < -0.39 is 29.1 Å². The van der Waals surface area contributed by atoms with Crippen molar-refractivity contribution in [2.24, 2.45) is 0 Å².